The molecule has 0 atom stereocenters. The lowest BCUT2D eigenvalue weighted by Gasteiger charge is -2.26. The molecule has 0 aliphatic carbocycles. The van der Waals surface area contributed by atoms with Crippen molar-refractivity contribution < 1.29 is 0 Å². The zero-order valence-corrected chi connectivity index (χ0v) is 16.4. The Morgan fingerprint density at radius 1 is 0.690 bits per heavy atom. The predicted octanol–water partition coefficient (Wildman–Crippen LogP) is 5.37. The molecule has 4 aromatic rings. The van der Waals surface area contributed by atoms with E-state index in [0.29, 0.717) is 12.5 Å². The lowest BCUT2D eigenvalue weighted by Crippen LogP contribution is -2.23. The molecular weight excluding hydrogens is 358 g/mol. The third-order valence-electron chi connectivity index (χ3n) is 4.69. The highest BCUT2D eigenvalue weighted by Gasteiger charge is 2.16. The van der Waals surface area contributed by atoms with Crippen LogP contribution in [0.1, 0.15) is 12.5 Å². The molecule has 0 aliphatic rings. The Hall–Kier alpha value is -3.73. The molecule has 29 heavy (non-hydrogen) atoms. The highest BCUT2D eigenvalue weighted by molar-refractivity contribution is 5.62. The molecule has 0 aliphatic heterocycles. The van der Waals surface area contributed by atoms with E-state index in [1.807, 2.05) is 42.5 Å². The molecule has 0 bridgehead atoms. The summed E-state index contributed by atoms with van der Waals surface area (Å²) in [6.07, 6.45) is 1.72. The van der Waals surface area contributed by atoms with Gasteiger partial charge < -0.3 is 9.80 Å². The minimum atomic E-state index is 0.588. The Morgan fingerprint density at radius 2 is 1.24 bits per heavy atom. The second-order valence-electron chi connectivity index (χ2n) is 6.60. The fourth-order valence-electron chi connectivity index (χ4n) is 3.26. The molecule has 0 spiro atoms. The Kier molecular flexibility index (Phi) is 5.76. The quantitative estimate of drug-likeness (QED) is 0.431. The zero-order chi connectivity index (χ0) is 19.9. The molecule has 5 nitrogen and oxygen atoms in total. The van der Waals surface area contributed by atoms with E-state index < -0.39 is 0 Å². The van der Waals surface area contributed by atoms with E-state index in [2.05, 4.69) is 75.5 Å². The molecule has 0 saturated carbocycles. The van der Waals surface area contributed by atoms with E-state index in [9.17, 15) is 0 Å². The molecule has 0 saturated heterocycles. The van der Waals surface area contributed by atoms with Gasteiger partial charge in [0.05, 0.1) is 6.20 Å². The van der Waals surface area contributed by atoms with Crippen molar-refractivity contribution in [3.63, 3.8) is 0 Å². The largest absolute Gasteiger partial charge is 0.321 e. The molecule has 3 aromatic carbocycles. The van der Waals surface area contributed by atoms with Crippen LogP contribution in [0.15, 0.2) is 97.2 Å². The summed E-state index contributed by atoms with van der Waals surface area (Å²) in [5, 5.41) is 8.58. The summed E-state index contributed by atoms with van der Waals surface area (Å²) >= 11 is 0. The number of para-hydroxylation sites is 2. The van der Waals surface area contributed by atoms with Crippen LogP contribution in [0, 0.1) is 0 Å². The average molecular weight is 381 g/mol. The van der Waals surface area contributed by atoms with Crippen LogP contribution in [0.25, 0.3) is 0 Å². The molecule has 0 amide bonds. The van der Waals surface area contributed by atoms with Gasteiger partial charge in [0.1, 0.15) is 0 Å². The molecule has 0 N–H and O–H groups in total. The summed E-state index contributed by atoms with van der Waals surface area (Å²) in [4.78, 5) is 9.09. The zero-order valence-electron chi connectivity index (χ0n) is 16.4. The molecule has 5 heteroatoms. The van der Waals surface area contributed by atoms with Gasteiger partial charge in [-0.15, -0.1) is 5.10 Å². The lowest BCUT2D eigenvalue weighted by atomic mass is 10.2. The second kappa shape index (κ2) is 8.97. The van der Waals surface area contributed by atoms with Gasteiger partial charge in [-0.2, -0.15) is 10.1 Å². The van der Waals surface area contributed by atoms with Crippen molar-refractivity contribution in [1.82, 2.24) is 15.2 Å². The van der Waals surface area contributed by atoms with Gasteiger partial charge in [0, 0.05) is 24.5 Å². The van der Waals surface area contributed by atoms with Crippen LogP contribution in [0.2, 0.25) is 0 Å². The first kappa shape index (κ1) is 18.6. The first-order valence-electron chi connectivity index (χ1n) is 9.74. The molecule has 4 rings (SSSR count). The van der Waals surface area contributed by atoms with Crippen molar-refractivity contribution in [2.24, 2.45) is 0 Å². The van der Waals surface area contributed by atoms with Crippen molar-refractivity contribution >= 4 is 23.1 Å². The monoisotopic (exact) mass is 381 g/mol. The van der Waals surface area contributed by atoms with E-state index in [1.54, 1.807) is 6.20 Å². The summed E-state index contributed by atoms with van der Waals surface area (Å²) < 4.78 is 0. The van der Waals surface area contributed by atoms with E-state index in [4.69, 9.17) is 4.98 Å². The van der Waals surface area contributed by atoms with Crippen LogP contribution in [-0.4, -0.2) is 21.7 Å². The summed E-state index contributed by atoms with van der Waals surface area (Å²) in [5.74, 6) is 1.35. The second-order valence-corrected chi connectivity index (χ2v) is 6.60. The van der Waals surface area contributed by atoms with Crippen LogP contribution < -0.4 is 9.80 Å². The SMILES string of the molecule is CCN(c1ccccc1)c1nncc(N(Cc2ccccc2)c2ccccc2)n1. The highest BCUT2D eigenvalue weighted by Crippen LogP contribution is 2.28. The molecule has 0 radical (unpaired) electrons. The third kappa shape index (κ3) is 4.41. The van der Waals surface area contributed by atoms with Gasteiger partial charge in [0.15, 0.2) is 5.82 Å². The number of anilines is 4. The number of benzene rings is 3. The fraction of sp³-hybridized carbons (Fsp3) is 0.125. The van der Waals surface area contributed by atoms with Gasteiger partial charge >= 0.3 is 0 Å². The third-order valence-corrected chi connectivity index (χ3v) is 4.69. The Bertz CT molecular complexity index is 1020. The van der Waals surface area contributed by atoms with Gasteiger partial charge in [-0.1, -0.05) is 66.7 Å². The van der Waals surface area contributed by atoms with Gasteiger partial charge in [-0.25, -0.2) is 0 Å². The first-order chi connectivity index (χ1) is 14.3. The van der Waals surface area contributed by atoms with E-state index in [0.717, 1.165) is 23.7 Å². The number of aromatic nitrogens is 3. The van der Waals surface area contributed by atoms with Crippen molar-refractivity contribution in [3.05, 3.63) is 103 Å². The number of rotatable bonds is 7. The van der Waals surface area contributed by atoms with Crippen LogP contribution in [-0.2, 0) is 6.54 Å². The van der Waals surface area contributed by atoms with Gasteiger partial charge in [-0.3, -0.25) is 0 Å². The normalized spacial score (nSPS) is 10.5. The Morgan fingerprint density at radius 3 is 1.83 bits per heavy atom. The van der Waals surface area contributed by atoms with Crippen LogP contribution in [0.4, 0.5) is 23.1 Å². The Labute approximate surface area is 171 Å². The van der Waals surface area contributed by atoms with Crippen molar-refractivity contribution in [2.45, 2.75) is 13.5 Å². The summed E-state index contributed by atoms with van der Waals surface area (Å²) in [5.41, 5.74) is 3.31. The standard InChI is InChI=1S/C24H23N5/c1-2-28(21-14-8-4-9-15-21)24-26-23(18-25-27-24)29(22-16-10-5-11-17-22)19-20-12-6-3-7-13-20/h3-18H,2,19H2,1H3. The maximum Gasteiger partial charge on any atom is 0.251 e. The smallest absolute Gasteiger partial charge is 0.251 e. The minimum absolute atomic E-state index is 0.588. The average Bonchev–Trinajstić information content (AvgIpc) is 2.80. The van der Waals surface area contributed by atoms with Crippen molar-refractivity contribution in [3.8, 4) is 0 Å². The highest BCUT2D eigenvalue weighted by atomic mass is 15.3. The molecule has 1 heterocycles. The van der Waals surface area contributed by atoms with Crippen LogP contribution in [0.3, 0.4) is 0 Å². The summed E-state index contributed by atoms with van der Waals surface area (Å²) in [7, 11) is 0. The maximum atomic E-state index is 4.87. The van der Waals surface area contributed by atoms with Crippen molar-refractivity contribution in [2.75, 3.05) is 16.3 Å². The van der Waals surface area contributed by atoms with Gasteiger partial charge in [0.2, 0.25) is 0 Å². The maximum absolute atomic E-state index is 4.87. The molecular formula is C24H23N5. The number of hydrogen-bond donors (Lipinski definition) is 0. The van der Waals surface area contributed by atoms with Crippen LogP contribution >= 0.6 is 0 Å². The fourth-order valence-corrected chi connectivity index (χ4v) is 3.26. The van der Waals surface area contributed by atoms with Gasteiger partial charge in [0.25, 0.3) is 5.95 Å². The minimum Gasteiger partial charge on any atom is -0.321 e. The molecule has 0 unspecified atom stereocenters. The summed E-state index contributed by atoms with van der Waals surface area (Å²) in [6.45, 7) is 3.53. The van der Waals surface area contributed by atoms with Gasteiger partial charge in [-0.05, 0) is 36.8 Å². The molecule has 144 valence electrons. The first-order valence-corrected chi connectivity index (χ1v) is 9.74. The number of hydrogen-bond acceptors (Lipinski definition) is 5. The topological polar surface area (TPSA) is 45.2 Å². The van der Waals surface area contributed by atoms with E-state index in [1.165, 1.54) is 5.56 Å². The lowest BCUT2D eigenvalue weighted by molar-refractivity contribution is 0.855. The van der Waals surface area contributed by atoms with Crippen LogP contribution in [0.5, 0.6) is 0 Å². The number of nitrogens with zero attached hydrogens (tertiary/aromatic N) is 5. The predicted molar refractivity (Wildman–Crippen MR) is 118 cm³/mol. The molecule has 0 fully saturated rings. The van der Waals surface area contributed by atoms with Crippen molar-refractivity contribution in [1.29, 1.82) is 0 Å². The van der Waals surface area contributed by atoms with E-state index in [-0.39, 0.29) is 0 Å². The summed E-state index contributed by atoms with van der Waals surface area (Å²) in [6, 6.07) is 30.8. The Balaban J connectivity index is 1.72. The van der Waals surface area contributed by atoms with E-state index >= 15 is 0 Å². The molecule has 1 aromatic heterocycles.